The zero-order valence-electron chi connectivity index (χ0n) is 11.8. The normalized spacial score (nSPS) is 26.6. The molecule has 0 aromatic heterocycles. The molecule has 0 aromatic carbocycles. The van der Waals surface area contributed by atoms with Crippen LogP contribution in [0.3, 0.4) is 0 Å². The second-order valence-electron chi connectivity index (χ2n) is 6.44. The lowest BCUT2D eigenvalue weighted by Gasteiger charge is -2.42. The highest BCUT2D eigenvalue weighted by molar-refractivity contribution is 6.19. The maximum Gasteiger partial charge on any atom is 0.330 e. The van der Waals surface area contributed by atoms with E-state index in [0.717, 1.165) is 25.7 Å². The maximum absolute atomic E-state index is 12.7. The number of hydrogen-bond donors (Lipinski definition) is 1. The van der Waals surface area contributed by atoms with Crippen LogP contribution in [0.5, 0.6) is 0 Å². The molecule has 3 rings (SSSR count). The van der Waals surface area contributed by atoms with Gasteiger partial charge < -0.3 is 0 Å². The predicted octanol–water partition coefficient (Wildman–Crippen LogP) is 2.21. The molecule has 1 aliphatic heterocycles. The smallest absolute Gasteiger partial charge is 0.277 e. The summed E-state index contributed by atoms with van der Waals surface area (Å²) in [6, 6.07) is -0.518. The van der Waals surface area contributed by atoms with Gasteiger partial charge in [-0.3, -0.25) is 19.8 Å². The van der Waals surface area contributed by atoms with Crippen LogP contribution < -0.4 is 5.32 Å². The van der Waals surface area contributed by atoms with Gasteiger partial charge in [0.2, 0.25) is 11.8 Å². The third kappa shape index (κ3) is 2.13. The monoisotopic (exact) mass is 278 g/mol. The number of hydrogen-bond acceptors (Lipinski definition) is 3. The Bertz CT molecular complexity index is 436. The Kier molecular flexibility index (Phi) is 3.52. The van der Waals surface area contributed by atoms with Crippen molar-refractivity contribution >= 4 is 17.8 Å². The van der Waals surface area contributed by atoms with Crippen LogP contribution >= 0.6 is 0 Å². The first-order valence-electron chi connectivity index (χ1n) is 7.81. The minimum absolute atomic E-state index is 0.245. The molecule has 0 unspecified atom stereocenters. The van der Waals surface area contributed by atoms with Gasteiger partial charge in [-0.15, -0.1) is 0 Å². The summed E-state index contributed by atoms with van der Waals surface area (Å²) in [7, 11) is 0. The highest BCUT2D eigenvalue weighted by Crippen LogP contribution is 2.40. The molecular formula is C15H22N2O3. The minimum Gasteiger partial charge on any atom is -0.277 e. The minimum atomic E-state index is -0.953. The number of carbonyl (C=O) groups is 3. The average molecular weight is 278 g/mol. The van der Waals surface area contributed by atoms with E-state index >= 15 is 0 Å². The summed E-state index contributed by atoms with van der Waals surface area (Å²) in [6.07, 6.45) is 8.57. The van der Waals surface area contributed by atoms with Gasteiger partial charge in [0.1, 0.15) is 5.41 Å². The van der Waals surface area contributed by atoms with Gasteiger partial charge in [0, 0.05) is 6.54 Å². The molecule has 110 valence electrons. The summed E-state index contributed by atoms with van der Waals surface area (Å²) < 4.78 is 0. The molecule has 0 aromatic rings. The quantitative estimate of drug-likeness (QED) is 0.805. The fourth-order valence-corrected chi connectivity index (χ4v) is 3.62. The second kappa shape index (κ2) is 5.19. The SMILES string of the molecule is O=C1NC(=O)C2(CCCCC2)C(=O)N1CCC1CCC1. The van der Waals surface area contributed by atoms with Crippen molar-refractivity contribution in [1.29, 1.82) is 0 Å². The van der Waals surface area contributed by atoms with Crippen molar-refractivity contribution in [3.05, 3.63) is 0 Å². The van der Waals surface area contributed by atoms with Gasteiger partial charge in [0.05, 0.1) is 0 Å². The number of nitrogens with zero attached hydrogens (tertiary/aromatic N) is 1. The molecule has 0 atom stereocenters. The van der Waals surface area contributed by atoms with E-state index in [1.807, 2.05) is 0 Å². The van der Waals surface area contributed by atoms with E-state index in [-0.39, 0.29) is 11.8 Å². The van der Waals surface area contributed by atoms with Crippen molar-refractivity contribution in [2.24, 2.45) is 11.3 Å². The summed E-state index contributed by atoms with van der Waals surface area (Å²) in [4.78, 5) is 38.1. The highest BCUT2D eigenvalue weighted by atomic mass is 16.2. The molecule has 0 radical (unpaired) electrons. The number of carbonyl (C=O) groups excluding carboxylic acids is 3. The van der Waals surface area contributed by atoms with Crippen molar-refractivity contribution in [2.45, 2.75) is 57.8 Å². The lowest BCUT2D eigenvalue weighted by Crippen LogP contribution is -2.64. The predicted molar refractivity (Wildman–Crippen MR) is 72.7 cm³/mol. The van der Waals surface area contributed by atoms with Gasteiger partial charge in [-0.25, -0.2) is 4.79 Å². The van der Waals surface area contributed by atoms with Crippen molar-refractivity contribution in [1.82, 2.24) is 10.2 Å². The Labute approximate surface area is 119 Å². The van der Waals surface area contributed by atoms with Crippen LogP contribution in [0.15, 0.2) is 0 Å². The van der Waals surface area contributed by atoms with Crippen LogP contribution in [0, 0.1) is 11.3 Å². The Morgan fingerprint density at radius 2 is 1.75 bits per heavy atom. The fraction of sp³-hybridized carbons (Fsp3) is 0.800. The molecule has 1 spiro atoms. The molecule has 2 aliphatic carbocycles. The molecule has 20 heavy (non-hydrogen) atoms. The molecule has 3 fully saturated rings. The molecule has 4 amide bonds. The standard InChI is InChI=1S/C15H22N2O3/c18-12-15(8-2-1-3-9-15)13(19)17(14(20)16-12)10-7-11-5-4-6-11/h11H,1-10H2,(H,16,18,20). The van der Waals surface area contributed by atoms with Gasteiger partial charge in [0.25, 0.3) is 0 Å². The number of nitrogens with one attached hydrogen (secondary N) is 1. The zero-order chi connectivity index (χ0) is 14.2. The summed E-state index contributed by atoms with van der Waals surface area (Å²) in [5.41, 5.74) is -0.953. The first-order valence-corrected chi connectivity index (χ1v) is 7.81. The summed E-state index contributed by atoms with van der Waals surface area (Å²) >= 11 is 0. The molecule has 5 heteroatoms. The Hall–Kier alpha value is -1.39. The molecule has 1 heterocycles. The Balaban J connectivity index is 1.73. The van der Waals surface area contributed by atoms with Crippen LogP contribution in [0.25, 0.3) is 0 Å². The van der Waals surface area contributed by atoms with E-state index in [4.69, 9.17) is 0 Å². The molecular weight excluding hydrogens is 256 g/mol. The van der Waals surface area contributed by atoms with Crippen molar-refractivity contribution in [3.8, 4) is 0 Å². The first kappa shape index (κ1) is 13.6. The molecule has 3 aliphatic rings. The second-order valence-corrected chi connectivity index (χ2v) is 6.44. The van der Waals surface area contributed by atoms with E-state index in [1.165, 1.54) is 24.2 Å². The average Bonchev–Trinajstić information content (AvgIpc) is 2.40. The summed E-state index contributed by atoms with van der Waals surface area (Å²) in [5, 5.41) is 2.41. The molecule has 5 nitrogen and oxygen atoms in total. The van der Waals surface area contributed by atoms with E-state index < -0.39 is 11.4 Å². The first-order chi connectivity index (χ1) is 9.63. The fourth-order valence-electron chi connectivity index (χ4n) is 3.62. The summed E-state index contributed by atoms with van der Waals surface area (Å²) in [6.45, 7) is 0.463. The van der Waals surface area contributed by atoms with Crippen molar-refractivity contribution in [2.75, 3.05) is 6.54 Å². The number of imide groups is 2. The largest absolute Gasteiger partial charge is 0.330 e. The van der Waals surface area contributed by atoms with Gasteiger partial charge in [-0.2, -0.15) is 0 Å². The van der Waals surface area contributed by atoms with Crippen LogP contribution in [0.4, 0.5) is 4.79 Å². The summed E-state index contributed by atoms with van der Waals surface area (Å²) in [5.74, 6) is 0.0351. The van der Waals surface area contributed by atoms with Crippen molar-refractivity contribution in [3.63, 3.8) is 0 Å². The number of urea groups is 1. The number of amides is 4. The highest BCUT2D eigenvalue weighted by Gasteiger charge is 2.53. The van der Waals surface area contributed by atoms with E-state index in [9.17, 15) is 14.4 Å². The van der Waals surface area contributed by atoms with E-state index in [1.54, 1.807) is 0 Å². The topological polar surface area (TPSA) is 66.5 Å². The number of barbiturate groups is 1. The Morgan fingerprint density at radius 1 is 1.05 bits per heavy atom. The van der Waals surface area contributed by atoms with Crippen LogP contribution in [-0.2, 0) is 9.59 Å². The van der Waals surface area contributed by atoms with Gasteiger partial charge in [-0.1, -0.05) is 38.5 Å². The number of rotatable bonds is 3. The Morgan fingerprint density at radius 3 is 2.35 bits per heavy atom. The van der Waals surface area contributed by atoms with Crippen LogP contribution in [-0.4, -0.2) is 29.3 Å². The van der Waals surface area contributed by atoms with Gasteiger partial charge >= 0.3 is 6.03 Å². The third-order valence-electron chi connectivity index (χ3n) is 5.25. The third-order valence-corrected chi connectivity index (χ3v) is 5.25. The maximum atomic E-state index is 12.7. The molecule has 2 saturated carbocycles. The lowest BCUT2D eigenvalue weighted by atomic mass is 9.71. The molecule has 1 saturated heterocycles. The van der Waals surface area contributed by atoms with Gasteiger partial charge in [-0.05, 0) is 25.2 Å². The van der Waals surface area contributed by atoms with E-state index in [0.29, 0.717) is 25.3 Å². The van der Waals surface area contributed by atoms with E-state index in [2.05, 4.69) is 5.32 Å². The van der Waals surface area contributed by atoms with Crippen LogP contribution in [0.2, 0.25) is 0 Å². The van der Waals surface area contributed by atoms with Gasteiger partial charge in [0.15, 0.2) is 0 Å². The lowest BCUT2D eigenvalue weighted by molar-refractivity contribution is -0.154. The van der Waals surface area contributed by atoms with Crippen LogP contribution in [0.1, 0.15) is 57.8 Å². The molecule has 0 bridgehead atoms. The molecule has 1 N–H and O–H groups in total. The van der Waals surface area contributed by atoms with Crippen molar-refractivity contribution < 1.29 is 14.4 Å². The zero-order valence-corrected chi connectivity index (χ0v) is 11.8.